The Balaban J connectivity index is 4.72. The maximum absolute atomic E-state index is 12.6. The van der Waals surface area contributed by atoms with Crippen molar-refractivity contribution in [1.29, 1.82) is 0 Å². The van der Waals surface area contributed by atoms with Crippen molar-refractivity contribution in [3.63, 3.8) is 0 Å². The van der Waals surface area contributed by atoms with E-state index in [1.807, 2.05) is 20.8 Å². The molecule has 3 atom stereocenters. The highest BCUT2D eigenvalue weighted by Gasteiger charge is 2.54. The molecule has 44 heavy (non-hydrogen) atoms. The lowest BCUT2D eigenvalue weighted by Gasteiger charge is -2.52. The third kappa shape index (κ3) is 17.0. The summed E-state index contributed by atoms with van der Waals surface area (Å²) in [5, 5.41) is 33.1. The van der Waals surface area contributed by atoms with E-state index in [1.54, 1.807) is 0 Å². The average Bonchev–Trinajstić information content (AvgIpc) is 2.98. The van der Waals surface area contributed by atoms with Crippen molar-refractivity contribution in [1.82, 2.24) is 0 Å². The van der Waals surface area contributed by atoms with Crippen LogP contribution < -0.4 is 5.11 Å². The molecule has 0 spiro atoms. The van der Waals surface area contributed by atoms with E-state index in [0.717, 1.165) is 19.3 Å². The summed E-state index contributed by atoms with van der Waals surface area (Å²) < 4.78 is -0.432. The number of allylic oxidation sites excluding steroid dienone is 2. The second-order valence-electron chi connectivity index (χ2n) is 13.0. The highest BCUT2D eigenvalue weighted by molar-refractivity contribution is 5.77. The Morgan fingerprint density at radius 1 is 0.523 bits per heavy atom. The van der Waals surface area contributed by atoms with Gasteiger partial charge in [0.15, 0.2) is 12.1 Å². The first-order chi connectivity index (χ1) is 21.2. The lowest BCUT2D eigenvalue weighted by Crippen LogP contribution is -2.74. The normalized spacial score (nSPS) is 15.2. The molecule has 0 radical (unpaired) electrons. The highest BCUT2D eigenvalue weighted by Crippen LogP contribution is 2.34. The molecule has 0 saturated carbocycles. The summed E-state index contributed by atoms with van der Waals surface area (Å²) >= 11 is 0. The van der Waals surface area contributed by atoms with Crippen LogP contribution in [0.5, 0.6) is 0 Å². The molecule has 0 aliphatic heterocycles. The Kier molecular flexibility index (Phi) is 26.2. The van der Waals surface area contributed by atoms with Gasteiger partial charge >= 0.3 is 11.9 Å². The molecule has 258 valence electrons. The number of quaternary nitrogens is 1. The molecule has 0 aliphatic carbocycles. The van der Waals surface area contributed by atoms with Gasteiger partial charge in [-0.05, 0) is 51.4 Å². The molecule has 2 N–H and O–H groups in total. The van der Waals surface area contributed by atoms with E-state index in [0.29, 0.717) is 25.7 Å². The third-order valence-electron chi connectivity index (χ3n) is 9.33. The van der Waals surface area contributed by atoms with Gasteiger partial charge in [-0.3, -0.25) is 4.48 Å². The van der Waals surface area contributed by atoms with E-state index in [4.69, 9.17) is 0 Å². The molecule has 0 heterocycles. The largest absolute Gasteiger partial charge is 0.544 e. The van der Waals surface area contributed by atoms with E-state index in [9.17, 15) is 29.7 Å². The van der Waals surface area contributed by atoms with Crippen LogP contribution in [0.3, 0.4) is 0 Å². The van der Waals surface area contributed by atoms with Crippen molar-refractivity contribution in [2.45, 2.75) is 200 Å². The maximum Gasteiger partial charge on any atom is 0.362 e. The van der Waals surface area contributed by atoms with Crippen molar-refractivity contribution >= 4 is 17.9 Å². The van der Waals surface area contributed by atoms with Gasteiger partial charge in [0.1, 0.15) is 6.04 Å². The zero-order valence-electron chi connectivity index (χ0n) is 29.0. The number of carbonyl (C=O) groups is 3. The van der Waals surface area contributed by atoms with Crippen LogP contribution in [0.4, 0.5) is 0 Å². The number of carboxylic acid groups (broad SMARTS) is 3. The number of carbonyl (C=O) groups excluding carboxylic acids is 1. The molecule has 3 unspecified atom stereocenters. The van der Waals surface area contributed by atoms with Crippen LogP contribution in [0.1, 0.15) is 182 Å². The quantitative estimate of drug-likeness (QED) is 0.0439. The Bertz CT molecular complexity index is 707. The molecule has 7 nitrogen and oxygen atoms in total. The maximum atomic E-state index is 12.6. The van der Waals surface area contributed by atoms with E-state index >= 15 is 0 Å². The van der Waals surface area contributed by atoms with Crippen LogP contribution in [0.15, 0.2) is 12.2 Å². The fourth-order valence-corrected chi connectivity index (χ4v) is 6.97. The summed E-state index contributed by atoms with van der Waals surface area (Å²) in [6.45, 7) is 8.07. The molecule has 7 heteroatoms. The monoisotopic (exact) mass is 624 g/mol. The van der Waals surface area contributed by atoms with Crippen molar-refractivity contribution in [2.75, 3.05) is 6.54 Å². The molecule has 0 aromatic carbocycles. The SMILES string of the molecule is CCCCC/C=C/CCCCCCCCCCCCCCC[N+](C(CCC)C(=O)[O-])(C(CCC)C(=O)O)C(CCC)C(=O)O. The summed E-state index contributed by atoms with van der Waals surface area (Å²) in [5.41, 5.74) is 0. The van der Waals surface area contributed by atoms with Crippen LogP contribution in [0.25, 0.3) is 0 Å². The van der Waals surface area contributed by atoms with Crippen LogP contribution >= 0.6 is 0 Å². The predicted molar refractivity (Wildman–Crippen MR) is 179 cm³/mol. The Morgan fingerprint density at radius 2 is 0.864 bits per heavy atom. The molecule has 0 saturated heterocycles. The highest BCUT2D eigenvalue weighted by atomic mass is 16.4. The number of nitrogens with zero attached hydrogens (tertiary/aromatic N) is 1. The van der Waals surface area contributed by atoms with E-state index in [-0.39, 0.29) is 25.8 Å². The summed E-state index contributed by atoms with van der Waals surface area (Å²) in [6.07, 6.45) is 28.5. The van der Waals surface area contributed by atoms with Crippen LogP contribution in [-0.2, 0) is 14.4 Å². The van der Waals surface area contributed by atoms with E-state index < -0.39 is 40.5 Å². The van der Waals surface area contributed by atoms with Gasteiger partial charge in [-0.25, -0.2) is 9.59 Å². The minimum absolute atomic E-state index is 0.208. The molecule has 0 bridgehead atoms. The van der Waals surface area contributed by atoms with Gasteiger partial charge < -0.3 is 20.1 Å². The minimum Gasteiger partial charge on any atom is -0.544 e. The van der Waals surface area contributed by atoms with Crippen LogP contribution in [0, 0.1) is 0 Å². The third-order valence-corrected chi connectivity index (χ3v) is 9.33. The molecule has 0 rings (SSSR count). The zero-order valence-corrected chi connectivity index (χ0v) is 29.0. The van der Waals surface area contributed by atoms with Crippen LogP contribution in [-0.4, -0.2) is 57.3 Å². The smallest absolute Gasteiger partial charge is 0.362 e. The zero-order chi connectivity index (χ0) is 33.1. The number of unbranched alkanes of at least 4 members (excludes halogenated alkanes) is 16. The van der Waals surface area contributed by atoms with Crippen molar-refractivity contribution < 1.29 is 34.2 Å². The Labute approximate surface area is 270 Å². The fraction of sp³-hybridized carbons (Fsp3) is 0.865. The molecular weight excluding hydrogens is 554 g/mol. The number of aliphatic carboxylic acids is 3. The van der Waals surface area contributed by atoms with Gasteiger partial charge in [0, 0.05) is 19.3 Å². The van der Waals surface area contributed by atoms with Gasteiger partial charge in [-0.15, -0.1) is 0 Å². The molecule has 0 aliphatic rings. The number of hydrogen-bond acceptors (Lipinski definition) is 4. The lowest BCUT2D eigenvalue weighted by atomic mass is 9.91. The topological polar surface area (TPSA) is 115 Å². The molecule has 0 amide bonds. The van der Waals surface area contributed by atoms with E-state index in [1.165, 1.54) is 89.9 Å². The second kappa shape index (κ2) is 27.4. The number of carboxylic acids is 3. The average molecular weight is 624 g/mol. The summed E-state index contributed by atoms with van der Waals surface area (Å²) in [5.74, 6) is -3.55. The summed E-state index contributed by atoms with van der Waals surface area (Å²) in [4.78, 5) is 37.7. The van der Waals surface area contributed by atoms with Gasteiger partial charge in [0.25, 0.3) is 0 Å². The van der Waals surface area contributed by atoms with Gasteiger partial charge in [-0.2, -0.15) is 0 Å². The fourth-order valence-electron chi connectivity index (χ4n) is 6.97. The van der Waals surface area contributed by atoms with Crippen LogP contribution in [0.2, 0.25) is 0 Å². The Morgan fingerprint density at radius 3 is 1.20 bits per heavy atom. The molecular formula is C37H69NO6. The van der Waals surface area contributed by atoms with Gasteiger partial charge in [-0.1, -0.05) is 123 Å². The lowest BCUT2D eigenvalue weighted by molar-refractivity contribution is -0.975. The Hall–Kier alpha value is -1.89. The molecule has 0 aromatic heterocycles. The van der Waals surface area contributed by atoms with Crippen molar-refractivity contribution in [2.24, 2.45) is 0 Å². The molecule has 0 aromatic rings. The first kappa shape index (κ1) is 42.1. The minimum atomic E-state index is -1.33. The predicted octanol–water partition coefficient (Wildman–Crippen LogP) is 8.83. The van der Waals surface area contributed by atoms with E-state index in [2.05, 4.69) is 19.1 Å². The molecule has 0 fully saturated rings. The second-order valence-corrected chi connectivity index (χ2v) is 13.0. The van der Waals surface area contributed by atoms with Gasteiger partial charge in [0.2, 0.25) is 0 Å². The summed E-state index contributed by atoms with van der Waals surface area (Å²) in [6, 6.07) is -3.32. The first-order valence-electron chi connectivity index (χ1n) is 18.4. The standard InChI is InChI=1S/C37H69NO6/c1-5-9-10-11-12-13-14-15-16-17-18-19-20-21-22-23-24-25-26-27-31-38(32(28-6-2)35(39)40,33(29-7-3)36(41)42)34(30-8-4)37(43)44/h12-13,32-34H,5-11,14-31H2,1-4H3,(H2-,39,40,41,42,43,44)/b13-12+. The first-order valence-corrected chi connectivity index (χ1v) is 18.4. The van der Waals surface area contributed by atoms with Gasteiger partial charge in [0.05, 0.1) is 12.5 Å². The van der Waals surface area contributed by atoms with Crippen molar-refractivity contribution in [3.8, 4) is 0 Å². The number of rotatable bonds is 32. The van der Waals surface area contributed by atoms with Crippen molar-refractivity contribution in [3.05, 3.63) is 12.2 Å². The number of hydrogen-bond donors (Lipinski definition) is 2. The summed E-state index contributed by atoms with van der Waals surface area (Å²) in [7, 11) is 0.